The molecule has 0 aliphatic carbocycles. The molecule has 23 heavy (non-hydrogen) atoms. The van der Waals surface area contributed by atoms with Gasteiger partial charge >= 0.3 is 0 Å². The molecule has 5 heteroatoms. The van der Waals surface area contributed by atoms with Gasteiger partial charge in [-0.2, -0.15) is 0 Å². The number of halogens is 1. The van der Waals surface area contributed by atoms with E-state index in [4.69, 9.17) is 9.47 Å². The van der Waals surface area contributed by atoms with E-state index in [0.29, 0.717) is 18.1 Å². The van der Waals surface area contributed by atoms with Crippen LogP contribution >= 0.6 is 15.9 Å². The molecule has 0 aliphatic rings. The Morgan fingerprint density at radius 1 is 1.22 bits per heavy atom. The molecule has 0 radical (unpaired) electrons. The predicted octanol–water partition coefficient (Wildman–Crippen LogP) is 4.51. The van der Waals surface area contributed by atoms with Crippen LogP contribution < -0.4 is 14.8 Å². The Labute approximate surface area is 144 Å². The molecule has 0 unspecified atom stereocenters. The van der Waals surface area contributed by atoms with Crippen LogP contribution in [-0.4, -0.2) is 19.6 Å². The fourth-order valence-corrected chi connectivity index (χ4v) is 2.36. The molecular weight excluding hydrogens is 358 g/mol. The largest absolute Gasteiger partial charge is 0.493 e. The summed E-state index contributed by atoms with van der Waals surface area (Å²) in [6, 6.07) is 13.0. The Balaban J connectivity index is 2.07. The van der Waals surface area contributed by atoms with Crippen molar-refractivity contribution >= 4 is 33.6 Å². The highest BCUT2D eigenvalue weighted by atomic mass is 79.9. The zero-order chi connectivity index (χ0) is 16.7. The molecule has 0 fully saturated rings. The summed E-state index contributed by atoms with van der Waals surface area (Å²) in [7, 11) is 1.59. The molecule has 2 aromatic carbocycles. The van der Waals surface area contributed by atoms with Crippen LogP contribution in [0.3, 0.4) is 0 Å². The third-order valence-corrected chi connectivity index (χ3v) is 3.74. The first-order valence-electron chi connectivity index (χ1n) is 7.18. The van der Waals surface area contributed by atoms with Crippen LogP contribution in [0.2, 0.25) is 0 Å². The molecule has 0 aliphatic heterocycles. The minimum absolute atomic E-state index is 0.204. The SMILES string of the molecule is CCOc1ccc(C=CC(=O)Nc2ccccc2Br)cc1OC. The van der Waals surface area contributed by atoms with Gasteiger partial charge in [0, 0.05) is 10.5 Å². The van der Waals surface area contributed by atoms with E-state index in [2.05, 4.69) is 21.2 Å². The highest BCUT2D eigenvalue weighted by molar-refractivity contribution is 9.10. The van der Waals surface area contributed by atoms with Crippen LogP contribution in [0.15, 0.2) is 53.0 Å². The number of carbonyl (C=O) groups is 1. The van der Waals surface area contributed by atoms with Crippen molar-refractivity contribution in [3.63, 3.8) is 0 Å². The molecule has 4 nitrogen and oxygen atoms in total. The Hall–Kier alpha value is -2.27. The van der Waals surface area contributed by atoms with Crippen LogP contribution in [0, 0.1) is 0 Å². The van der Waals surface area contributed by atoms with Crippen molar-refractivity contribution in [3.8, 4) is 11.5 Å². The smallest absolute Gasteiger partial charge is 0.248 e. The first kappa shape index (κ1) is 17.1. The Kier molecular flexibility index (Phi) is 6.23. The van der Waals surface area contributed by atoms with Crippen LogP contribution in [0.4, 0.5) is 5.69 Å². The van der Waals surface area contributed by atoms with Gasteiger partial charge in [-0.15, -0.1) is 0 Å². The zero-order valence-electron chi connectivity index (χ0n) is 13.0. The second-order valence-corrected chi connectivity index (χ2v) is 5.50. The molecule has 0 spiro atoms. The van der Waals surface area contributed by atoms with Crippen molar-refractivity contribution in [3.05, 3.63) is 58.6 Å². The lowest BCUT2D eigenvalue weighted by Gasteiger charge is -2.09. The Bertz CT molecular complexity index is 713. The van der Waals surface area contributed by atoms with Gasteiger partial charge in [0.2, 0.25) is 5.91 Å². The molecule has 0 heterocycles. The molecule has 120 valence electrons. The molecular formula is C18H18BrNO3. The monoisotopic (exact) mass is 375 g/mol. The van der Waals surface area contributed by atoms with Gasteiger partial charge in [-0.3, -0.25) is 4.79 Å². The summed E-state index contributed by atoms with van der Waals surface area (Å²) in [4.78, 5) is 12.0. The van der Waals surface area contributed by atoms with Crippen molar-refractivity contribution in [2.24, 2.45) is 0 Å². The lowest BCUT2D eigenvalue weighted by atomic mass is 10.2. The quantitative estimate of drug-likeness (QED) is 0.755. The number of amides is 1. The van der Waals surface area contributed by atoms with Gasteiger partial charge in [-0.25, -0.2) is 0 Å². The van der Waals surface area contributed by atoms with Gasteiger partial charge in [-0.05, 0) is 58.8 Å². The van der Waals surface area contributed by atoms with Crippen LogP contribution in [0.5, 0.6) is 11.5 Å². The summed E-state index contributed by atoms with van der Waals surface area (Å²) >= 11 is 3.39. The first-order chi connectivity index (χ1) is 11.1. The van der Waals surface area contributed by atoms with Gasteiger partial charge in [0.1, 0.15) is 0 Å². The number of anilines is 1. The fourth-order valence-electron chi connectivity index (χ4n) is 1.97. The molecule has 0 saturated carbocycles. The molecule has 1 N–H and O–H groups in total. The number of hydrogen-bond acceptors (Lipinski definition) is 3. The lowest BCUT2D eigenvalue weighted by molar-refractivity contribution is -0.111. The number of nitrogens with one attached hydrogen (secondary N) is 1. The van der Waals surface area contributed by atoms with E-state index >= 15 is 0 Å². The van der Waals surface area contributed by atoms with Gasteiger partial charge in [-0.1, -0.05) is 18.2 Å². The average molecular weight is 376 g/mol. The molecule has 0 bridgehead atoms. The van der Waals surface area contributed by atoms with E-state index in [-0.39, 0.29) is 5.91 Å². The Morgan fingerprint density at radius 2 is 2.00 bits per heavy atom. The summed E-state index contributed by atoms with van der Waals surface area (Å²) in [5.41, 5.74) is 1.58. The molecule has 1 amide bonds. The molecule has 2 rings (SSSR count). The number of carbonyl (C=O) groups excluding carboxylic acids is 1. The van der Waals surface area contributed by atoms with E-state index < -0.39 is 0 Å². The third-order valence-electron chi connectivity index (χ3n) is 3.05. The summed E-state index contributed by atoms with van der Waals surface area (Å²) in [5.74, 6) is 1.12. The summed E-state index contributed by atoms with van der Waals surface area (Å²) in [5, 5.41) is 2.81. The minimum Gasteiger partial charge on any atom is -0.493 e. The van der Waals surface area contributed by atoms with Gasteiger partial charge in [0.05, 0.1) is 19.4 Å². The maximum atomic E-state index is 12.0. The standard InChI is InChI=1S/C18H18BrNO3/c1-3-23-16-10-8-13(12-17(16)22-2)9-11-18(21)20-15-7-5-4-6-14(15)19/h4-12H,3H2,1-2H3,(H,20,21). The summed E-state index contributed by atoms with van der Waals surface area (Å²) < 4.78 is 11.6. The molecule has 2 aromatic rings. The number of hydrogen-bond donors (Lipinski definition) is 1. The molecule has 0 atom stereocenters. The number of ether oxygens (including phenoxy) is 2. The van der Waals surface area contributed by atoms with Crippen molar-refractivity contribution in [1.82, 2.24) is 0 Å². The summed E-state index contributed by atoms with van der Waals surface area (Å²) in [6.45, 7) is 2.49. The molecule has 0 saturated heterocycles. The van der Waals surface area contributed by atoms with Crippen LogP contribution in [-0.2, 0) is 4.79 Å². The van der Waals surface area contributed by atoms with E-state index in [0.717, 1.165) is 15.7 Å². The van der Waals surface area contributed by atoms with Gasteiger partial charge in [0.15, 0.2) is 11.5 Å². The first-order valence-corrected chi connectivity index (χ1v) is 7.97. The maximum Gasteiger partial charge on any atom is 0.248 e. The van der Waals surface area contributed by atoms with Crippen LogP contribution in [0.1, 0.15) is 12.5 Å². The fraction of sp³-hybridized carbons (Fsp3) is 0.167. The van der Waals surface area contributed by atoms with Crippen molar-refractivity contribution < 1.29 is 14.3 Å². The Morgan fingerprint density at radius 3 is 2.70 bits per heavy atom. The van der Waals surface area contributed by atoms with E-state index in [1.807, 2.05) is 49.4 Å². The number of para-hydroxylation sites is 1. The second kappa shape index (κ2) is 8.39. The summed E-state index contributed by atoms with van der Waals surface area (Å²) in [6.07, 6.45) is 3.21. The zero-order valence-corrected chi connectivity index (χ0v) is 14.6. The lowest BCUT2D eigenvalue weighted by Crippen LogP contribution is -2.08. The van der Waals surface area contributed by atoms with Crippen molar-refractivity contribution in [2.75, 3.05) is 19.0 Å². The topological polar surface area (TPSA) is 47.6 Å². The van der Waals surface area contributed by atoms with Crippen molar-refractivity contribution in [2.45, 2.75) is 6.92 Å². The van der Waals surface area contributed by atoms with Gasteiger partial charge in [0.25, 0.3) is 0 Å². The van der Waals surface area contributed by atoms with Crippen molar-refractivity contribution in [1.29, 1.82) is 0 Å². The third kappa shape index (κ3) is 4.86. The van der Waals surface area contributed by atoms with E-state index in [9.17, 15) is 4.79 Å². The average Bonchev–Trinajstić information content (AvgIpc) is 2.56. The maximum absolute atomic E-state index is 12.0. The highest BCUT2D eigenvalue weighted by Gasteiger charge is 2.05. The highest BCUT2D eigenvalue weighted by Crippen LogP contribution is 2.28. The number of methoxy groups -OCH3 is 1. The van der Waals surface area contributed by atoms with E-state index in [1.54, 1.807) is 13.2 Å². The number of rotatable bonds is 6. The van der Waals surface area contributed by atoms with E-state index in [1.165, 1.54) is 6.08 Å². The minimum atomic E-state index is -0.204. The van der Waals surface area contributed by atoms with Gasteiger partial charge < -0.3 is 14.8 Å². The number of benzene rings is 2. The normalized spacial score (nSPS) is 10.6. The molecule has 0 aromatic heterocycles. The van der Waals surface area contributed by atoms with Crippen LogP contribution in [0.25, 0.3) is 6.08 Å². The second-order valence-electron chi connectivity index (χ2n) is 4.65. The predicted molar refractivity (Wildman–Crippen MR) is 96.0 cm³/mol.